The molecule has 3 fully saturated rings. The Balaban J connectivity index is 0.000000143. The molecule has 15 heteroatoms. The molecule has 0 spiro atoms. The van der Waals surface area contributed by atoms with Crippen LogP contribution in [0.4, 0.5) is 0 Å². The molecule has 456 valence electrons. The first kappa shape index (κ1) is 65.4. The summed E-state index contributed by atoms with van der Waals surface area (Å²) in [4.78, 5) is 19.7. The summed E-state index contributed by atoms with van der Waals surface area (Å²) >= 11 is 29.9. The van der Waals surface area contributed by atoms with Crippen LogP contribution >= 0.6 is 82.6 Å². The number of nitrogens with zero attached hydrogens (tertiary/aromatic N) is 5. The monoisotopic (exact) mass is 1410 g/mol. The Morgan fingerprint density at radius 1 is 0.453 bits per heavy atom. The van der Waals surface area contributed by atoms with Gasteiger partial charge >= 0.3 is 0 Å². The molecule has 3 saturated heterocycles. The SMILES string of the molecule is COCCC[C@H]1C/C(=C2/c3ccc(Cl)cc3CCc3cc(Br)cnc32)CCN1.COCCC[C@H]1C/C(=C2/c3ccc(Cl)cc3CCc3cc(Br)cnc32)CCN1C.COCCC[C@H]1C/C(=C2/c3ccc(Cl)cc3CCc3cc(Br)cnc32)CCN1C. The second-order valence-electron chi connectivity index (χ2n) is 24.0. The van der Waals surface area contributed by atoms with Crippen molar-refractivity contribution in [2.24, 2.45) is 0 Å². The lowest BCUT2D eigenvalue weighted by atomic mass is 9.85. The minimum absolute atomic E-state index is 0.504. The Bertz CT molecular complexity index is 3140. The van der Waals surface area contributed by atoms with Gasteiger partial charge in [0, 0.05) is 136 Å². The largest absolute Gasteiger partial charge is 0.385 e. The highest BCUT2D eigenvalue weighted by Crippen LogP contribution is 2.44. The summed E-state index contributed by atoms with van der Waals surface area (Å²) in [6.07, 6.45) is 25.0. The second kappa shape index (κ2) is 31.4. The van der Waals surface area contributed by atoms with Crippen molar-refractivity contribution in [2.45, 2.75) is 134 Å². The molecule has 3 aliphatic carbocycles. The number of hydrogen-bond donors (Lipinski definition) is 1. The van der Waals surface area contributed by atoms with Gasteiger partial charge in [-0.25, -0.2) is 0 Å². The third-order valence-corrected chi connectivity index (χ3v) is 20.3. The zero-order valence-electron chi connectivity index (χ0n) is 50.6. The van der Waals surface area contributed by atoms with Crippen LogP contribution in [-0.4, -0.2) is 118 Å². The normalized spacial score (nSPS) is 22.0. The zero-order valence-corrected chi connectivity index (χ0v) is 57.6. The molecule has 0 amide bonds. The molecular formula is C71H82Br3Cl3N6O3. The van der Waals surface area contributed by atoms with Crippen LogP contribution in [0.2, 0.25) is 15.1 Å². The number of aromatic nitrogens is 3. The van der Waals surface area contributed by atoms with Gasteiger partial charge in [-0.3, -0.25) is 15.0 Å². The number of halogens is 6. The van der Waals surface area contributed by atoms with Crippen LogP contribution in [0, 0.1) is 0 Å². The van der Waals surface area contributed by atoms with Gasteiger partial charge in [0.15, 0.2) is 0 Å². The van der Waals surface area contributed by atoms with E-state index in [2.05, 4.69) is 132 Å². The minimum atomic E-state index is 0.504. The number of methoxy groups -OCH3 is 3. The number of piperidine rings is 3. The van der Waals surface area contributed by atoms with E-state index >= 15 is 0 Å². The van der Waals surface area contributed by atoms with Gasteiger partial charge in [0.25, 0.3) is 0 Å². The average Bonchev–Trinajstić information content (AvgIpc) is 1.90. The van der Waals surface area contributed by atoms with E-state index in [1.807, 2.05) is 36.8 Å². The van der Waals surface area contributed by atoms with Crippen LogP contribution in [-0.2, 0) is 52.7 Å². The predicted octanol–water partition coefficient (Wildman–Crippen LogP) is 17.4. The lowest BCUT2D eigenvalue weighted by molar-refractivity contribution is 0.160. The number of ether oxygens (including phenoxy) is 3. The number of pyridine rings is 3. The molecule has 3 atom stereocenters. The molecule has 6 heterocycles. The summed E-state index contributed by atoms with van der Waals surface area (Å²) in [6.45, 7) is 5.68. The molecule has 0 bridgehead atoms. The molecule has 3 aromatic carbocycles. The number of likely N-dealkylation sites (tertiary alicyclic amines) is 2. The molecule has 12 rings (SSSR count). The van der Waals surface area contributed by atoms with Gasteiger partial charge in [0.2, 0.25) is 0 Å². The molecule has 6 aromatic rings. The topological polar surface area (TPSA) is 84.9 Å². The van der Waals surface area contributed by atoms with Crippen molar-refractivity contribution in [1.29, 1.82) is 0 Å². The fraction of sp³-hybridized carbons (Fsp3) is 0.451. The van der Waals surface area contributed by atoms with E-state index in [4.69, 9.17) is 64.0 Å². The molecule has 1 N–H and O–H groups in total. The number of aryl methyl sites for hydroxylation is 6. The smallest absolute Gasteiger partial charge is 0.0740 e. The number of benzene rings is 3. The summed E-state index contributed by atoms with van der Waals surface area (Å²) in [5.41, 5.74) is 24.0. The summed E-state index contributed by atoms with van der Waals surface area (Å²) in [6, 6.07) is 27.4. The van der Waals surface area contributed by atoms with Gasteiger partial charge in [-0.05, 0) is 289 Å². The van der Waals surface area contributed by atoms with E-state index in [1.165, 1.54) is 83.5 Å². The zero-order chi connectivity index (χ0) is 60.3. The fourth-order valence-corrected chi connectivity index (χ4v) is 15.6. The third kappa shape index (κ3) is 16.3. The number of nitrogens with one attached hydrogen (secondary N) is 1. The second-order valence-corrected chi connectivity index (χ2v) is 28.1. The van der Waals surface area contributed by atoms with Crippen molar-refractivity contribution in [2.75, 3.05) is 74.9 Å². The first-order chi connectivity index (χ1) is 41.8. The Morgan fingerprint density at radius 3 is 1.17 bits per heavy atom. The van der Waals surface area contributed by atoms with Crippen LogP contribution in [0.15, 0.2) is 122 Å². The molecule has 86 heavy (non-hydrogen) atoms. The van der Waals surface area contributed by atoms with E-state index < -0.39 is 0 Å². The van der Waals surface area contributed by atoms with Gasteiger partial charge in [0.1, 0.15) is 0 Å². The summed E-state index contributed by atoms with van der Waals surface area (Å²) < 4.78 is 18.9. The lowest BCUT2D eigenvalue weighted by Crippen LogP contribution is -2.37. The van der Waals surface area contributed by atoms with Gasteiger partial charge < -0.3 is 29.3 Å². The first-order valence-electron chi connectivity index (χ1n) is 30.9. The van der Waals surface area contributed by atoms with Crippen molar-refractivity contribution in [3.63, 3.8) is 0 Å². The van der Waals surface area contributed by atoms with E-state index in [9.17, 15) is 0 Å². The Kier molecular flexibility index (Phi) is 23.9. The molecule has 9 nitrogen and oxygen atoms in total. The molecular weight excluding hydrogens is 1330 g/mol. The average molecular weight is 1410 g/mol. The highest BCUT2D eigenvalue weighted by atomic mass is 79.9. The quantitative estimate of drug-likeness (QED) is 0.120. The van der Waals surface area contributed by atoms with Gasteiger partial charge in [-0.15, -0.1) is 0 Å². The van der Waals surface area contributed by atoms with Gasteiger partial charge in [-0.2, -0.15) is 0 Å². The maximum atomic E-state index is 6.36. The van der Waals surface area contributed by atoms with E-state index in [0.717, 1.165) is 201 Å². The van der Waals surface area contributed by atoms with Crippen molar-refractivity contribution in [3.05, 3.63) is 204 Å². The predicted molar refractivity (Wildman–Crippen MR) is 366 cm³/mol. The highest BCUT2D eigenvalue weighted by molar-refractivity contribution is 9.11. The minimum Gasteiger partial charge on any atom is -0.385 e. The lowest BCUT2D eigenvalue weighted by Gasteiger charge is -2.35. The maximum Gasteiger partial charge on any atom is 0.0740 e. The van der Waals surface area contributed by atoms with Crippen LogP contribution in [0.1, 0.15) is 144 Å². The van der Waals surface area contributed by atoms with Crippen molar-refractivity contribution >= 4 is 99.3 Å². The standard InChI is InChI=1S/2C24H28BrClN2O.C23H26BrClN2O/c2*1-28-10-9-17(14-21(28)4-3-11-29-2)23-22-8-7-20(26)13-16(22)5-6-18-12-19(25)15-27-24(18)23;1-28-10-2-3-20-13-16(8-9-26-20)22-21-7-6-19(25)12-15(21)4-5-17-11-18(24)14-27-23(17)22/h2*7-8,12-13,15,21H,3-6,9-11,14H2,1-2H3;6-7,11-12,14,20,26H,2-5,8-10,13H2,1H3/b2*23-17-;22-16-/t2*21-;20-/m000/s1. The Hall–Kier alpha value is -3.60. The molecule has 0 radical (unpaired) electrons. The Morgan fingerprint density at radius 2 is 0.802 bits per heavy atom. The fourth-order valence-electron chi connectivity index (χ4n) is 13.9. The van der Waals surface area contributed by atoms with E-state index in [0.29, 0.717) is 18.1 Å². The van der Waals surface area contributed by atoms with E-state index in [1.54, 1.807) is 21.3 Å². The van der Waals surface area contributed by atoms with Gasteiger partial charge in [-0.1, -0.05) is 69.7 Å². The van der Waals surface area contributed by atoms with Crippen LogP contribution in [0.5, 0.6) is 0 Å². The molecule has 3 aliphatic heterocycles. The van der Waals surface area contributed by atoms with Crippen LogP contribution in [0.3, 0.4) is 0 Å². The number of rotatable bonds is 12. The molecule has 3 aromatic heterocycles. The van der Waals surface area contributed by atoms with Crippen LogP contribution in [0.25, 0.3) is 16.7 Å². The third-order valence-electron chi connectivity index (χ3n) is 18.3. The van der Waals surface area contributed by atoms with Gasteiger partial charge in [0.05, 0.1) is 17.1 Å². The van der Waals surface area contributed by atoms with E-state index in [-0.39, 0.29) is 0 Å². The van der Waals surface area contributed by atoms with Crippen LogP contribution < -0.4 is 5.32 Å². The number of fused-ring (bicyclic) bond motifs is 6. The molecule has 6 aliphatic rings. The first-order valence-corrected chi connectivity index (χ1v) is 34.4. The summed E-state index contributed by atoms with van der Waals surface area (Å²) in [5, 5.41) is 6.13. The van der Waals surface area contributed by atoms with Crippen molar-refractivity contribution in [3.8, 4) is 0 Å². The Labute approximate surface area is 551 Å². The molecule has 0 saturated carbocycles. The maximum absolute atomic E-state index is 6.36. The summed E-state index contributed by atoms with van der Waals surface area (Å²) in [5.74, 6) is 0. The number of hydrogen-bond acceptors (Lipinski definition) is 9. The summed E-state index contributed by atoms with van der Waals surface area (Å²) in [7, 11) is 9.85. The van der Waals surface area contributed by atoms with Crippen molar-refractivity contribution < 1.29 is 14.2 Å². The van der Waals surface area contributed by atoms with Crippen molar-refractivity contribution in [1.82, 2.24) is 30.1 Å². The highest BCUT2D eigenvalue weighted by Gasteiger charge is 2.32. The molecule has 0 unspecified atom stereocenters.